The summed E-state index contributed by atoms with van der Waals surface area (Å²) in [6.07, 6.45) is -0.392. The molecule has 0 radical (unpaired) electrons. The van der Waals surface area contributed by atoms with E-state index in [0.717, 1.165) is 11.3 Å². The van der Waals surface area contributed by atoms with Crippen LogP contribution in [0.1, 0.15) is 28.9 Å². The van der Waals surface area contributed by atoms with Gasteiger partial charge in [0.25, 0.3) is 11.6 Å². The number of anilines is 1. The van der Waals surface area contributed by atoms with E-state index in [4.69, 9.17) is 9.47 Å². The molecule has 8 heteroatoms. The highest BCUT2D eigenvalue weighted by Crippen LogP contribution is 2.26. The van der Waals surface area contributed by atoms with Crippen LogP contribution in [0, 0.1) is 10.1 Å². The molecule has 0 aromatic heterocycles. The van der Waals surface area contributed by atoms with Crippen molar-refractivity contribution in [3.63, 3.8) is 0 Å². The molecule has 28 heavy (non-hydrogen) atoms. The van der Waals surface area contributed by atoms with E-state index in [0.29, 0.717) is 5.69 Å². The number of nitro benzene ring substituents is 1. The molecule has 0 bridgehead atoms. The zero-order chi connectivity index (χ0) is 20.8. The third kappa shape index (κ3) is 4.77. The van der Waals surface area contributed by atoms with Crippen LogP contribution in [0.25, 0.3) is 0 Å². The van der Waals surface area contributed by atoms with Gasteiger partial charge >= 0.3 is 0 Å². The summed E-state index contributed by atoms with van der Waals surface area (Å²) in [6, 6.07) is 11.2. The standard InChI is InChI=1S/C20H25N3O5/c1-13(19(28-5)14-6-9-16(27-4)10-7-14)21-20(24)17-12-15(23(25)26)8-11-18(17)22(2)3/h6-13,19H,1-5H3,(H,21,24)/t13-,19+/m0/s1. The predicted molar refractivity (Wildman–Crippen MR) is 107 cm³/mol. The molecule has 1 amide bonds. The van der Waals surface area contributed by atoms with E-state index < -0.39 is 16.9 Å². The van der Waals surface area contributed by atoms with Crippen molar-refractivity contribution in [2.45, 2.75) is 19.1 Å². The number of benzene rings is 2. The molecule has 0 aliphatic heterocycles. The summed E-state index contributed by atoms with van der Waals surface area (Å²) in [5.41, 5.74) is 1.56. The average molecular weight is 387 g/mol. The van der Waals surface area contributed by atoms with E-state index in [2.05, 4.69) is 5.32 Å². The van der Waals surface area contributed by atoms with E-state index in [1.165, 1.54) is 12.1 Å². The lowest BCUT2D eigenvalue weighted by molar-refractivity contribution is -0.384. The molecule has 2 rings (SSSR count). The number of nitrogens with zero attached hydrogens (tertiary/aromatic N) is 2. The number of ether oxygens (including phenoxy) is 2. The van der Waals surface area contributed by atoms with Gasteiger partial charge in [-0.3, -0.25) is 14.9 Å². The first-order valence-electron chi connectivity index (χ1n) is 8.71. The fourth-order valence-electron chi connectivity index (χ4n) is 2.99. The molecule has 8 nitrogen and oxygen atoms in total. The number of methoxy groups -OCH3 is 2. The van der Waals surface area contributed by atoms with Crippen LogP contribution in [0.5, 0.6) is 5.75 Å². The Bertz CT molecular complexity index is 836. The van der Waals surface area contributed by atoms with Crippen molar-refractivity contribution in [3.8, 4) is 5.75 Å². The van der Waals surface area contributed by atoms with Crippen molar-refractivity contribution >= 4 is 17.3 Å². The minimum absolute atomic E-state index is 0.137. The van der Waals surface area contributed by atoms with E-state index in [-0.39, 0.29) is 17.3 Å². The van der Waals surface area contributed by atoms with Gasteiger partial charge in [-0.05, 0) is 30.7 Å². The van der Waals surface area contributed by atoms with Crippen LogP contribution in [0.15, 0.2) is 42.5 Å². The second-order valence-electron chi connectivity index (χ2n) is 6.54. The van der Waals surface area contributed by atoms with Gasteiger partial charge in [0.1, 0.15) is 11.9 Å². The fourth-order valence-corrected chi connectivity index (χ4v) is 2.99. The number of hydrogen-bond donors (Lipinski definition) is 1. The number of rotatable bonds is 8. The van der Waals surface area contributed by atoms with Crippen molar-refractivity contribution in [2.24, 2.45) is 0 Å². The molecular formula is C20H25N3O5. The molecule has 0 unspecified atom stereocenters. The quantitative estimate of drug-likeness (QED) is 0.552. The maximum Gasteiger partial charge on any atom is 0.270 e. The smallest absolute Gasteiger partial charge is 0.270 e. The third-order valence-electron chi connectivity index (χ3n) is 4.43. The molecule has 2 atom stereocenters. The third-order valence-corrected chi connectivity index (χ3v) is 4.43. The van der Waals surface area contributed by atoms with Gasteiger partial charge in [0.05, 0.1) is 23.6 Å². The van der Waals surface area contributed by atoms with Gasteiger partial charge in [0.2, 0.25) is 0 Å². The molecule has 0 saturated carbocycles. The topological polar surface area (TPSA) is 93.9 Å². The monoisotopic (exact) mass is 387 g/mol. The van der Waals surface area contributed by atoms with Crippen LogP contribution in [0.3, 0.4) is 0 Å². The van der Waals surface area contributed by atoms with Crippen LogP contribution in [-0.2, 0) is 4.74 Å². The Hall–Kier alpha value is -3.13. The summed E-state index contributed by atoms with van der Waals surface area (Å²) < 4.78 is 10.7. The van der Waals surface area contributed by atoms with Crippen molar-refractivity contribution < 1.29 is 19.2 Å². The number of carbonyl (C=O) groups excluding carboxylic acids is 1. The van der Waals surface area contributed by atoms with Crippen LogP contribution in [-0.4, -0.2) is 45.2 Å². The first kappa shape index (κ1) is 21.2. The molecule has 2 aromatic rings. The SMILES string of the molecule is COc1ccc([C@H](OC)[C@H](C)NC(=O)c2cc([N+](=O)[O-])ccc2N(C)C)cc1. The number of carbonyl (C=O) groups is 1. The lowest BCUT2D eigenvalue weighted by Crippen LogP contribution is -2.38. The maximum atomic E-state index is 12.9. The lowest BCUT2D eigenvalue weighted by Gasteiger charge is -2.25. The van der Waals surface area contributed by atoms with Crippen LogP contribution in [0.4, 0.5) is 11.4 Å². The van der Waals surface area contributed by atoms with Gasteiger partial charge in [0.15, 0.2) is 0 Å². The summed E-state index contributed by atoms with van der Waals surface area (Å²) >= 11 is 0. The molecule has 0 fully saturated rings. The van der Waals surface area contributed by atoms with Crippen LogP contribution < -0.4 is 15.0 Å². The first-order chi connectivity index (χ1) is 13.3. The molecule has 1 N–H and O–H groups in total. The van der Waals surface area contributed by atoms with Crippen molar-refractivity contribution in [1.29, 1.82) is 0 Å². The fraction of sp³-hybridized carbons (Fsp3) is 0.350. The first-order valence-corrected chi connectivity index (χ1v) is 8.71. The highest BCUT2D eigenvalue weighted by molar-refractivity contribution is 6.00. The molecule has 0 aliphatic carbocycles. The predicted octanol–water partition coefficient (Wildman–Crippen LogP) is 3.18. The summed E-state index contributed by atoms with van der Waals surface area (Å²) in [7, 11) is 6.70. The van der Waals surface area contributed by atoms with Crippen LogP contribution in [0.2, 0.25) is 0 Å². The number of amides is 1. The van der Waals surface area contributed by atoms with Gasteiger partial charge < -0.3 is 19.7 Å². The Morgan fingerprint density at radius 3 is 2.29 bits per heavy atom. The van der Waals surface area contributed by atoms with Crippen molar-refractivity contribution in [2.75, 3.05) is 33.2 Å². The van der Waals surface area contributed by atoms with Crippen molar-refractivity contribution in [1.82, 2.24) is 5.32 Å². The van der Waals surface area contributed by atoms with Gasteiger partial charge in [-0.1, -0.05) is 12.1 Å². The Morgan fingerprint density at radius 1 is 1.14 bits per heavy atom. The zero-order valence-electron chi connectivity index (χ0n) is 16.6. The molecular weight excluding hydrogens is 362 g/mol. The number of nitrogens with one attached hydrogen (secondary N) is 1. The largest absolute Gasteiger partial charge is 0.497 e. The van der Waals surface area contributed by atoms with Crippen molar-refractivity contribution in [3.05, 3.63) is 63.7 Å². The minimum atomic E-state index is -0.519. The number of hydrogen-bond acceptors (Lipinski definition) is 6. The Morgan fingerprint density at radius 2 is 1.79 bits per heavy atom. The van der Waals surface area contributed by atoms with Gasteiger partial charge in [-0.15, -0.1) is 0 Å². The molecule has 0 saturated heterocycles. The second kappa shape index (κ2) is 9.18. The van der Waals surface area contributed by atoms with E-state index >= 15 is 0 Å². The highest BCUT2D eigenvalue weighted by Gasteiger charge is 2.24. The minimum Gasteiger partial charge on any atom is -0.497 e. The molecule has 0 heterocycles. The second-order valence-corrected chi connectivity index (χ2v) is 6.54. The number of nitro groups is 1. The average Bonchev–Trinajstić information content (AvgIpc) is 2.68. The highest BCUT2D eigenvalue weighted by atomic mass is 16.6. The summed E-state index contributed by atoms with van der Waals surface area (Å²) in [6.45, 7) is 1.82. The molecule has 2 aromatic carbocycles. The molecule has 150 valence electrons. The van der Waals surface area contributed by atoms with E-state index in [1.54, 1.807) is 39.3 Å². The Kier molecular flexibility index (Phi) is 6.94. The summed E-state index contributed by atoms with van der Waals surface area (Å²) in [4.78, 5) is 25.2. The van der Waals surface area contributed by atoms with Gasteiger partial charge in [-0.25, -0.2) is 0 Å². The summed E-state index contributed by atoms with van der Waals surface area (Å²) in [5, 5.41) is 14.0. The van der Waals surface area contributed by atoms with E-state index in [9.17, 15) is 14.9 Å². The lowest BCUT2D eigenvalue weighted by atomic mass is 10.0. The number of non-ortho nitro benzene ring substituents is 1. The molecule has 0 aliphatic rings. The Balaban J connectivity index is 2.26. The van der Waals surface area contributed by atoms with E-state index in [1.807, 2.05) is 31.2 Å². The van der Waals surface area contributed by atoms with Gasteiger partial charge in [-0.2, -0.15) is 0 Å². The normalized spacial score (nSPS) is 12.8. The van der Waals surface area contributed by atoms with Crippen LogP contribution >= 0.6 is 0 Å². The maximum absolute atomic E-state index is 12.9. The Labute approximate surface area is 164 Å². The summed E-state index contributed by atoms with van der Waals surface area (Å²) in [5.74, 6) is 0.318. The van der Waals surface area contributed by atoms with Gasteiger partial charge in [0, 0.05) is 39.0 Å². The molecule has 0 spiro atoms. The zero-order valence-corrected chi connectivity index (χ0v) is 16.6.